The lowest BCUT2D eigenvalue weighted by atomic mass is 10.0. The van der Waals surface area contributed by atoms with Crippen LogP contribution in [0.15, 0.2) is 94.4 Å². The second-order valence-corrected chi connectivity index (χ2v) is 15.1. The van der Waals surface area contributed by atoms with Gasteiger partial charge in [-0.1, -0.05) is 62.4 Å². The number of hydrogen-bond acceptors (Lipinski definition) is 9. The third-order valence-electron chi connectivity index (χ3n) is 9.01. The monoisotopic (exact) mass is 705 g/mol. The second-order valence-electron chi connectivity index (χ2n) is 13.2. The molecule has 50 heavy (non-hydrogen) atoms. The van der Waals surface area contributed by atoms with E-state index in [2.05, 4.69) is 10.6 Å². The van der Waals surface area contributed by atoms with Crippen molar-refractivity contribution in [2.75, 3.05) is 26.3 Å². The van der Waals surface area contributed by atoms with Crippen LogP contribution in [0.4, 0.5) is 4.79 Å². The Balaban J connectivity index is 1.20. The van der Waals surface area contributed by atoms with Gasteiger partial charge < -0.3 is 34.4 Å². The zero-order valence-corrected chi connectivity index (χ0v) is 28.9. The zero-order chi connectivity index (χ0) is 35.3. The van der Waals surface area contributed by atoms with Crippen LogP contribution in [0.3, 0.4) is 0 Å². The van der Waals surface area contributed by atoms with Gasteiger partial charge in [0.25, 0.3) is 5.91 Å². The summed E-state index contributed by atoms with van der Waals surface area (Å²) in [5, 5.41) is 17.9. The first-order valence-electron chi connectivity index (χ1n) is 16.8. The van der Waals surface area contributed by atoms with Gasteiger partial charge in [-0.3, -0.25) is 4.79 Å². The number of alkyl carbamates (subject to hydrolysis) is 1. The van der Waals surface area contributed by atoms with Gasteiger partial charge in [0.2, 0.25) is 10.0 Å². The number of rotatable bonds is 14. The lowest BCUT2D eigenvalue weighted by Crippen LogP contribution is -2.51. The Morgan fingerprint density at radius 3 is 2.48 bits per heavy atom. The number of carbonyl (C=O) groups excluding carboxylic acids is 2. The van der Waals surface area contributed by atoms with Crippen LogP contribution in [0.25, 0.3) is 11.0 Å². The molecule has 0 radical (unpaired) electrons. The summed E-state index contributed by atoms with van der Waals surface area (Å²) in [6.45, 7) is 4.50. The molecule has 3 heterocycles. The third-order valence-corrected chi connectivity index (χ3v) is 10.8. The minimum Gasteiger partial charge on any atom is -0.464 e. The molecule has 2 fully saturated rings. The fourth-order valence-electron chi connectivity index (χ4n) is 6.41. The average Bonchev–Trinajstić information content (AvgIpc) is 3.84. The van der Waals surface area contributed by atoms with Crippen molar-refractivity contribution in [1.82, 2.24) is 14.9 Å². The molecule has 2 aliphatic rings. The van der Waals surface area contributed by atoms with Crippen LogP contribution in [0, 0.1) is 11.8 Å². The number of hydrogen-bond donors (Lipinski definition) is 3. The largest absolute Gasteiger partial charge is 0.464 e. The van der Waals surface area contributed by atoms with E-state index in [1.165, 1.54) is 22.7 Å². The van der Waals surface area contributed by atoms with E-state index in [1.54, 1.807) is 30.3 Å². The first-order chi connectivity index (χ1) is 24.1. The van der Waals surface area contributed by atoms with Crippen LogP contribution in [0.1, 0.15) is 41.8 Å². The lowest BCUT2D eigenvalue weighted by Gasteiger charge is -2.31. The van der Waals surface area contributed by atoms with E-state index < -0.39 is 40.7 Å². The average molecular weight is 706 g/mol. The summed E-state index contributed by atoms with van der Waals surface area (Å²) >= 11 is 0. The number of furan rings is 1. The minimum absolute atomic E-state index is 0.0106. The highest BCUT2D eigenvalue weighted by Crippen LogP contribution is 2.33. The summed E-state index contributed by atoms with van der Waals surface area (Å²) < 4.78 is 52.3. The van der Waals surface area contributed by atoms with Crippen molar-refractivity contribution >= 4 is 33.0 Å². The number of nitrogens with zero attached hydrogens (tertiary/aromatic N) is 1. The lowest BCUT2D eigenvalue weighted by molar-refractivity contribution is -0.0907. The standard InChI is InChI=1S/C37H43N3O9S/c1-24(2)20-40(50(44,45)28-13-14-33-30(18-28)27(22-47-33)19-38-35(42)26-11-7-4-8-12-26)21-32(41)31(17-25-9-5-3-6-10-25)39-37(43)49-34-23-48-36-29(34)15-16-46-36/h3-14,18,22,24,29,31-32,34,36,41H,15-17,19-21,23H2,1-2H3,(H,38,42)(H,39,43)/t29-,31-,32+,34-,36+/m0/s1. The molecule has 2 amide bonds. The van der Waals surface area contributed by atoms with E-state index in [0.717, 1.165) is 12.0 Å². The molecule has 13 heteroatoms. The predicted molar refractivity (Wildman–Crippen MR) is 185 cm³/mol. The second kappa shape index (κ2) is 15.7. The van der Waals surface area contributed by atoms with E-state index >= 15 is 0 Å². The van der Waals surface area contributed by atoms with Crippen molar-refractivity contribution in [3.05, 3.63) is 102 Å². The summed E-state index contributed by atoms with van der Waals surface area (Å²) in [5.74, 6) is -0.400. The van der Waals surface area contributed by atoms with E-state index in [0.29, 0.717) is 28.7 Å². The van der Waals surface area contributed by atoms with Crippen LogP contribution in [-0.2, 0) is 37.2 Å². The molecule has 266 valence electrons. The van der Waals surface area contributed by atoms with Gasteiger partial charge in [0, 0.05) is 36.1 Å². The molecule has 1 aromatic heterocycles. The molecule has 4 aromatic rings. The maximum atomic E-state index is 14.2. The molecule has 0 spiro atoms. The number of amides is 2. The Bertz CT molecular complexity index is 1870. The number of aliphatic hydroxyl groups is 1. The maximum absolute atomic E-state index is 14.2. The number of nitrogens with one attached hydrogen (secondary N) is 2. The first kappa shape index (κ1) is 35.6. The summed E-state index contributed by atoms with van der Waals surface area (Å²) in [4.78, 5) is 25.8. The Hall–Kier alpha value is -4.27. The van der Waals surface area contributed by atoms with Crippen LogP contribution >= 0.6 is 0 Å². The Labute approximate surface area is 291 Å². The number of carbonyl (C=O) groups is 2. The highest BCUT2D eigenvalue weighted by molar-refractivity contribution is 7.89. The topological polar surface area (TPSA) is 157 Å². The van der Waals surface area contributed by atoms with Crippen LogP contribution in [0.5, 0.6) is 0 Å². The molecule has 0 unspecified atom stereocenters. The van der Waals surface area contributed by atoms with E-state index in [9.17, 15) is 23.1 Å². The summed E-state index contributed by atoms with van der Waals surface area (Å²) in [6.07, 6.45) is -0.430. The van der Waals surface area contributed by atoms with E-state index in [4.69, 9.17) is 18.6 Å². The summed E-state index contributed by atoms with van der Waals surface area (Å²) in [7, 11) is -4.14. The number of fused-ring (bicyclic) bond motifs is 2. The summed E-state index contributed by atoms with van der Waals surface area (Å²) in [5.41, 5.74) is 2.44. The molecule has 0 aliphatic carbocycles. The fraction of sp³-hybridized carbons (Fsp3) is 0.405. The van der Waals surface area contributed by atoms with Crippen LogP contribution in [0.2, 0.25) is 0 Å². The van der Waals surface area contributed by atoms with Gasteiger partial charge in [-0.2, -0.15) is 4.31 Å². The predicted octanol–water partition coefficient (Wildman–Crippen LogP) is 4.47. The molecular formula is C37H43N3O9S. The van der Waals surface area contributed by atoms with Gasteiger partial charge in [0.15, 0.2) is 6.29 Å². The number of ether oxygens (including phenoxy) is 3. The molecule has 2 saturated heterocycles. The van der Waals surface area contributed by atoms with Crippen LogP contribution in [-0.4, -0.2) is 80.7 Å². The Morgan fingerprint density at radius 1 is 1.00 bits per heavy atom. The normalized spacial score (nSPS) is 20.1. The molecule has 5 atom stereocenters. The molecule has 2 aliphatic heterocycles. The molecule has 3 N–H and O–H groups in total. The number of sulfonamides is 1. The van der Waals surface area contributed by atoms with Gasteiger partial charge in [0.1, 0.15) is 11.7 Å². The Kier molecular flexibility index (Phi) is 11.2. The molecule has 0 bridgehead atoms. The molecule has 12 nitrogen and oxygen atoms in total. The van der Waals surface area contributed by atoms with Gasteiger partial charge in [-0.25, -0.2) is 13.2 Å². The van der Waals surface area contributed by atoms with Gasteiger partial charge in [0.05, 0.1) is 42.4 Å². The maximum Gasteiger partial charge on any atom is 0.407 e. The van der Waals surface area contributed by atoms with Gasteiger partial charge >= 0.3 is 6.09 Å². The quantitative estimate of drug-likeness (QED) is 0.172. The molecule has 0 saturated carbocycles. The SMILES string of the molecule is CC(C)CN(C[C@@H](O)[C@H](Cc1ccccc1)NC(=O)O[C@H]1CO[C@H]2OCC[C@H]21)S(=O)(=O)c1ccc2occ(CNC(=O)c3ccccc3)c2c1. The minimum atomic E-state index is -4.14. The highest BCUT2D eigenvalue weighted by Gasteiger charge is 2.44. The van der Waals surface area contributed by atoms with Crippen LogP contribution < -0.4 is 10.6 Å². The van der Waals surface area contributed by atoms with Gasteiger partial charge in [-0.05, 0) is 54.7 Å². The van der Waals surface area contributed by atoms with Crippen molar-refractivity contribution < 1.29 is 41.7 Å². The molecule has 6 rings (SSSR count). The van der Waals surface area contributed by atoms with Crippen molar-refractivity contribution in [3.8, 4) is 0 Å². The summed E-state index contributed by atoms with van der Waals surface area (Å²) in [6, 6.07) is 21.8. The van der Waals surface area contributed by atoms with Gasteiger partial charge in [-0.15, -0.1) is 0 Å². The third kappa shape index (κ3) is 8.36. The Morgan fingerprint density at radius 2 is 1.74 bits per heavy atom. The van der Waals surface area contributed by atoms with E-state index in [-0.39, 0.29) is 55.3 Å². The molecular weight excluding hydrogens is 662 g/mol. The van der Waals surface area contributed by atoms with Crippen molar-refractivity contribution in [1.29, 1.82) is 0 Å². The highest BCUT2D eigenvalue weighted by atomic mass is 32.2. The first-order valence-corrected chi connectivity index (χ1v) is 18.3. The smallest absolute Gasteiger partial charge is 0.407 e. The number of aliphatic hydroxyl groups excluding tert-OH is 1. The number of benzene rings is 3. The molecule has 3 aromatic carbocycles. The zero-order valence-electron chi connectivity index (χ0n) is 28.1. The van der Waals surface area contributed by atoms with Crippen molar-refractivity contribution in [3.63, 3.8) is 0 Å². The van der Waals surface area contributed by atoms with Crippen molar-refractivity contribution in [2.24, 2.45) is 11.8 Å². The van der Waals surface area contributed by atoms with E-state index in [1.807, 2.05) is 50.2 Å². The fourth-order valence-corrected chi connectivity index (χ4v) is 8.06. The van der Waals surface area contributed by atoms with Crippen molar-refractivity contribution in [2.45, 2.75) is 62.7 Å².